The smallest absolute Gasteiger partial charge is 0.277 e. The summed E-state index contributed by atoms with van der Waals surface area (Å²) in [5.74, 6) is 0.342. The lowest BCUT2D eigenvalue weighted by Crippen LogP contribution is -2.10. The third-order valence-electron chi connectivity index (χ3n) is 2.21. The van der Waals surface area contributed by atoms with Crippen LogP contribution in [0.3, 0.4) is 0 Å². The topological polar surface area (TPSA) is 56.3 Å². The highest BCUT2D eigenvalue weighted by Crippen LogP contribution is 2.23. The monoisotopic (exact) mass is 216 g/mol. The molecule has 0 spiro atoms. The Hall–Kier alpha value is -2.10. The molecule has 0 fully saturated rings. The van der Waals surface area contributed by atoms with E-state index < -0.39 is 6.04 Å². The molecule has 81 valence electrons. The van der Waals surface area contributed by atoms with Gasteiger partial charge in [-0.25, -0.2) is 0 Å². The number of benzene rings is 1. The summed E-state index contributed by atoms with van der Waals surface area (Å²) < 4.78 is 5.06. The standard InChI is InChI=1S/C12H10NO3/c14-13(15)11(12-7-4-8-16-12)9-10-5-2-1-3-6-10/h1-9,11H. The first kappa shape index (κ1) is 10.4. The van der Waals surface area contributed by atoms with Crippen molar-refractivity contribution in [2.45, 2.75) is 6.04 Å². The van der Waals surface area contributed by atoms with E-state index in [-0.39, 0.29) is 4.92 Å². The van der Waals surface area contributed by atoms with E-state index in [0.717, 1.165) is 5.56 Å². The zero-order valence-electron chi connectivity index (χ0n) is 8.45. The number of hydrogen-bond donors (Lipinski definition) is 0. The Kier molecular flexibility index (Phi) is 3.00. The molecule has 0 saturated heterocycles. The molecule has 1 unspecified atom stereocenters. The molecule has 1 atom stereocenters. The Labute approximate surface area is 92.7 Å². The van der Waals surface area contributed by atoms with Crippen LogP contribution in [0, 0.1) is 16.5 Å². The number of hydrogen-bond acceptors (Lipinski definition) is 3. The van der Waals surface area contributed by atoms with Crippen molar-refractivity contribution in [2.75, 3.05) is 0 Å². The Balaban J connectivity index is 2.19. The molecule has 1 aromatic heterocycles. The van der Waals surface area contributed by atoms with Gasteiger partial charge in [0.05, 0.1) is 12.7 Å². The average Bonchev–Trinajstić information content (AvgIpc) is 2.80. The molecule has 0 bridgehead atoms. The minimum absolute atomic E-state index is 0.342. The van der Waals surface area contributed by atoms with Gasteiger partial charge in [0.2, 0.25) is 0 Å². The van der Waals surface area contributed by atoms with Gasteiger partial charge < -0.3 is 4.42 Å². The number of nitro groups is 1. The fourth-order valence-electron chi connectivity index (χ4n) is 1.45. The van der Waals surface area contributed by atoms with Crippen LogP contribution in [0.2, 0.25) is 0 Å². The Bertz CT molecular complexity index is 450. The average molecular weight is 216 g/mol. The predicted molar refractivity (Wildman–Crippen MR) is 58.3 cm³/mol. The quantitative estimate of drug-likeness (QED) is 0.583. The van der Waals surface area contributed by atoms with Gasteiger partial charge in [-0.15, -0.1) is 0 Å². The van der Waals surface area contributed by atoms with Crippen LogP contribution in [0.1, 0.15) is 17.4 Å². The van der Waals surface area contributed by atoms with Crippen molar-refractivity contribution in [3.05, 3.63) is 76.6 Å². The van der Waals surface area contributed by atoms with Gasteiger partial charge in [0, 0.05) is 4.92 Å². The largest absolute Gasteiger partial charge is 0.462 e. The lowest BCUT2D eigenvalue weighted by molar-refractivity contribution is -0.521. The molecule has 4 heteroatoms. The Morgan fingerprint density at radius 3 is 2.50 bits per heavy atom. The molecule has 2 rings (SSSR count). The summed E-state index contributed by atoms with van der Waals surface area (Å²) in [5, 5.41) is 10.9. The van der Waals surface area contributed by atoms with Crippen molar-refractivity contribution < 1.29 is 9.34 Å². The van der Waals surface area contributed by atoms with Crippen molar-refractivity contribution >= 4 is 0 Å². The molecule has 0 amide bonds. The molecule has 0 saturated carbocycles. The van der Waals surface area contributed by atoms with Crippen LogP contribution >= 0.6 is 0 Å². The summed E-state index contributed by atoms with van der Waals surface area (Å²) in [6.45, 7) is 0. The molecule has 1 heterocycles. The van der Waals surface area contributed by atoms with Gasteiger partial charge in [-0.05, 0) is 17.7 Å². The highest BCUT2D eigenvalue weighted by Gasteiger charge is 2.26. The van der Waals surface area contributed by atoms with Crippen LogP contribution in [0.5, 0.6) is 0 Å². The van der Waals surface area contributed by atoms with E-state index in [0.29, 0.717) is 5.76 Å². The first-order chi connectivity index (χ1) is 7.77. The van der Waals surface area contributed by atoms with Crippen molar-refractivity contribution in [1.82, 2.24) is 0 Å². The van der Waals surface area contributed by atoms with Crippen molar-refractivity contribution in [2.24, 2.45) is 0 Å². The SMILES string of the molecule is O=[N+]([O-])C([CH]c1ccccc1)c1ccco1. The van der Waals surface area contributed by atoms with Gasteiger partial charge in [0.25, 0.3) is 6.04 Å². The molecule has 0 N–H and O–H groups in total. The third kappa shape index (κ3) is 2.28. The van der Waals surface area contributed by atoms with E-state index in [4.69, 9.17) is 4.42 Å². The first-order valence-corrected chi connectivity index (χ1v) is 4.84. The van der Waals surface area contributed by atoms with Gasteiger partial charge in [0.1, 0.15) is 0 Å². The summed E-state index contributed by atoms with van der Waals surface area (Å²) in [6.07, 6.45) is 3.00. The summed E-state index contributed by atoms with van der Waals surface area (Å²) in [6, 6.07) is 11.5. The zero-order valence-corrected chi connectivity index (χ0v) is 8.45. The van der Waals surface area contributed by atoms with Crippen LogP contribution in [0.4, 0.5) is 0 Å². The maximum absolute atomic E-state index is 10.9. The fraction of sp³-hybridized carbons (Fsp3) is 0.0833. The summed E-state index contributed by atoms with van der Waals surface area (Å²) >= 11 is 0. The van der Waals surface area contributed by atoms with Gasteiger partial charge in [0.15, 0.2) is 5.76 Å². The maximum Gasteiger partial charge on any atom is 0.277 e. The molecule has 4 nitrogen and oxygen atoms in total. The third-order valence-corrected chi connectivity index (χ3v) is 2.21. The lowest BCUT2D eigenvalue weighted by atomic mass is 10.0. The van der Waals surface area contributed by atoms with E-state index in [1.807, 2.05) is 30.3 Å². The van der Waals surface area contributed by atoms with E-state index >= 15 is 0 Å². The van der Waals surface area contributed by atoms with Gasteiger partial charge in [-0.1, -0.05) is 30.3 Å². The first-order valence-electron chi connectivity index (χ1n) is 4.84. The Morgan fingerprint density at radius 1 is 1.19 bits per heavy atom. The van der Waals surface area contributed by atoms with E-state index in [2.05, 4.69) is 0 Å². The Morgan fingerprint density at radius 2 is 1.94 bits per heavy atom. The number of rotatable bonds is 4. The maximum atomic E-state index is 10.9. The molecular formula is C12H10NO3. The molecule has 2 aromatic rings. The summed E-state index contributed by atoms with van der Waals surface area (Å²) in [7, 11) is 0. The second-order valence-electron chi connectivity index (χ2n) is 3.32. The van der Waals surface area contributed by atoms with Gasteiger partial charge in [-0.3, -0.25) is 10.1 Å². The minimum Gasteiger partial charge on any atom is -0.462 e. The number of nitrogens with zero attached hydrogens (tertiary/aromatic N) is 1. The summed E-state index contributed by atoms with van der Waals surface area (Å²) in [4.78, 5) is 10.5. The fourth-order valence-corrected chi connectivity index (χ4v) is 1.45. The summed E-state index contributed by atoms with van der Waals surface area (Å²) in [5.41, 5.74) is 0.806. The normalized spacial score (nSPS) is 12.2. The molecular weight excluding hydrogens is 206 g/mol. The molecule has 0 aliphatic carbocycles. The van der Waals surface area contributed by atoms with Gasteiger partial charge >= 0.3 is 0 Å². The zero-order chi connectivity index (χ0) is 11.4. The predicted octanol–water partition coefficient (Wildman–Crippen LogP) is 2.85. The molecule has 1 aromatic carbocycles. The van der Waals surface area contributed by atoms with E-state index in [1.54, 1.807) is 18.6 Å². The highest BCUT2D eigenvalue weighted by molar-refractivity contribution is 5.26. The molecule has 0 aliphatic rings. The van der Waals surface area contributed by atoms with Crippen molar-refractivity contribution in [1.29, 1.82) is 0 Å². The molecule has 0 aliphatic heterocycles. The van der Waals surface area contributed by atoms with Crippen molar-refractivity contribution in [3.8, 4) is 0 Å². The van der Waals surface area contributed by atoms with Crippen LogP contribution < -0.4 is 0 Å². The van der Waals surface area contributed by atoms with Crippen LogP contribution in [-0.2, 0) is 0 Å². The van der Waals surface area contributed by atoms with Crippen LogP contribution in [0.25, 0.3) is 0 Å². The molecule has 1 radical (unpaired) electrons. The lowest BCUT2D eigenvalue weighted by Gasteiger charge is -2.05. The second-order valence-corrected chi connectivity index (χ2v) is 3.32. The van der Waals surface area contributed by atoms with Gasteiger partial charge in [-0.2, -0.15) is 0 Å². The van der Waals surface area contributed by atoms with Crippen LogP contribution in [0.15, 0.2) is 53.1 Å². The molecule has 16 heavy (non-hydrogen) atoms. The number of furan rings is 1. The second kappa shape index (κ2) is 4.61. The minimum atomic E-state index is -0.933. The van der Waals surface area contributed by atoms with E-state index in [1.165, 1.54) is 6.26 Å². The highest BCUT2D eigenvalue weighted by atomic mass is 16.6. The van der Waals surface area contributed by atoms with E-state index in [9.17, 15) is 10.1 Å². The van der Waals surface area contributed by atoms with Crippen molar-refractivity contribution in [3.63, 3.8) is 0 Å². The van der Waals surface area contributed by atoms with Crippen LogP contribution in [-0.4, -0.2) is 4.92 Å².